The van der Waals surface area contributed by atoms with Gasteiger partial charge in [-0.05, 0) is 111 Å². The van der Waals surface area contributed by atoms with Crippen molar-refractivity contribution in [1.29, 1.82) is 0 Å². The maximum absolute atomic E-state index is 14.5. The number of allylic oxidation sites excluding steroid dienone is 1. The Morgan fingerprint density at radius 2 is 1.64 bits per heavy atom. The topological polar surface area (TPSA) is 9.23 Å². The van der Waals surface area contributed by atoms with Crippen molar-refractivity contribution in [2.24, 2.45) is 29.6 Å². The average molecular weight is 389 g/mol. The average Bonchev–Trinajstić information content (AvgIpc) is 3.31. The predicted octanol–water partition coefficient (Wildman–Crippen LogP) is 7.27. The molecule has 0 saturated heterocycles. The second-order valence-electron chi connectivity index (χ2n) is 9.37. The molecule has 0 spiro atoms. The van der Waals surface area contributed by atoms with Gasteiger partial charge in [0.1, 0.15) is 0 Å². The molecule has 4 atom stereocenters. The normalized spacial score (nSPS) is 35.0. The molecule has 0 heterocycles. The van der Waals surface area contributed by atoms with Gasteiger partial charge in [0.15, 0.2) is 11.6 Å². The summed E-state index contributed by atoms with van der Waals surface area (Å²) in [6.45, 7) is 3.89. The van der Waals surface area contributed by atoms with E-state index in [0.29, 0.717) is 5.56 Å². The number of hydrogen-bond donors (Lipinski definition) is 0. The number of fused-ring (bicyclic) bond motifs is 1. The van der Waals surface area contributed by atoms with E-state index in [1.54, 1.807) is 12.1 Å². The van der Waals surface area contributed by atoms with Crippen LogP contribution in [0.1, 0.15) is 75.7 Å². The lowest BCUT2D eigenvalue weighted by Gasteiger charge is -2.35. The minimum Gasteiger partial charge on any atom is -0.494 e. The molecule has 3 aliphatic rings. The van der Waals surface area contributed by atoms with E-state index >= 15 is 0 Å². The van der Waals surface area contributed by atoms with E-state index < -0.39 is 11.6 Å². The summed E-state index contributed by atoms with van der Waals surface area (Å²) in [5.41, 5.74) is 0.548. The van der Waals surface area contributed by atoms with Gasteiger partial charge >= 0.3 is 0 Å². The van der Waals surface area contributed by atoms with Gasteiger partial charge in [-0.15, -0.1) is 6.58 Å². The highest BCUT2D eigenvalue weighted by Gasteiger charge is 2.47. The molecule has 0 amide bonds. The molecule has 154 valence electrons. The van der Waals surface area contributed by atoms with Crippen LogP contribution in [0.4, 0.5) is 8.78 Å². The van der Waals surface area contributed by atoms with E-state index in [1.807, 2.05) is 0 Å². The first-order valence-electron chi connectivity index (χ1n) is 11.3. The molecule has 0 aliphatic heterocycles. The quantitative estimate of drug-likeness (QED) is 0.466. The first-order valence-corrected chi connectivity index (χ1v) is 11.3. The van der Waals surface area contributed by atoms with Crippen LogP contribution in [0.5, 0.6) is 5.75 Å². The van der Waals surface area contributed by atoms with Gasteiger partial charge in [0.25, 0.3) is 0 Å². The summed E-state index contributed by atoms with van der Waals surface area (Å²) < 4.78 is 33.5. The van der Waals surface area contributed by atoms with Crippen LogP contribution in [0, 0.1) is 41.2 Å². The van der Waals surface area contributed by atoms with Crippen molar-refractivity contribution >= 4 is 0 Å². The third-order valence-corrected chi connectivity index (χ3v) is 8.26. The van der Waals surface area contributed by atoms with Crippen LogP contribution in [-0.4, -0.2) is 7.11 Å². The van der Waals surface area contributed by atoms with Gasteiger partial charge in [0.05, 0.1) is 7.11 Å². The van der Waals surface area contributed by atoms with Crippen LogP contribution < -0.4 is 4.74 Å². The zero-order valence-corrected chi connectivity index (χ0v) is 17.1. The number of rotatable bonds is 6. The first kappa shape index (κ1) is 19.9. The number of methoxy groups -OCH3 is 1. The van der Waals surface area contributed by atoms with Crippen molar-refractivity contribution in [2.75, 3.05) is 7.11 Å². The fourth-order valence-electron chi connectivity index (χ4n) is 6.92. The molecule has 1 aromatic rings. The Hall–Kier alpha value is -1.38. The van der Waals surface area contributed by atoms with Gasteiger partial charge in [-0.1, -0.05) is 12.1 Å². The molecule has 0 radical (unpaired) electrons. The summed E-state index contributed by atoms with van der Waals surface area (Å²) in [7, 11) is 1.38. The van der Waals surface area contributed by atoms with Crippen molar-refractivity contribution in [1.82, 2.24) is 0 Å². The molecule has 1 aromatic carbocycles. The highest BCUT2D eigenvalue weighted by Crippen LogP contribution is 2.56. The lowest BCUT2D eigenvalue weighted by Crippen LogP contribution is -2.25. The summed E-state index contributed by atoms with van der Waals surface area (Å²) in [5.74, 6) is 3.05. The molecule has 0 bridgehead atoms. The van der Waals surface area contributed by atoms with Crippen molar-refractivity contribution in [3.8, 4) is 5.75 Å². The predicted molar refractivity (Wildman–Crippen MR) is 109 cm³/mol. The second kappa shape index (κ2) is 8.55. The van der Waals surface area contributed by atoms with E-state index in [2.05, 4.69) is 12.7 Å². The number of ether oxygens (including phenoxy) is 1. The van der Waals surface area contributed by atoms with Crippen LogP contribution in [0.25, 0.3) is 0 Å². The summed E-state index contributed by atoms with van der Waals surface area (Å²) in [4.78, 5) is 0. The highest BCUT2D eigenvalue weighted by molar-refractivity contribution is 5.33. The van der Waals surface area contributed by atoms with Crippen molar-refractivity contribution < 1.29 is 13.5 Å². The maximum atomic E-state index is 14.5. The largest absolute Gasteiger partial charge is 0.494 e. The number of benzene rings is 1. The second-order valence-corrected chi connectivity index (χ2v) is 9.37. The monoisotopic (exact) mass is 388 g/mol. The van der Waals surface area contributed by atoms with Gasteiger partial charge in [0, 0.05) is 0 Å². The Bertz CT molecular complexity index is 692. The molecular weight excluding hydrogens is 354 g/mol. The van der Waals surface area contributed by atoms with E-state index in [-0.39, 0.29) is 11.7 Å². The third kappa shape index (κ3) is 3.62. The molecule has 0 aromatic heterocycles. The van der Waals surface area contributed by atoms with Crippen LogP contribution in [-0.2, 0) is 0 Å². The number of hydrogen-bond acceptors (Lipinski definition) is 1. The zero-order chi connectivity index (χ0) is 19.7. The van der Waals surface area contributed by atoms with Crippen LogP contribution >= 0.6 is 0 Å². The molecule has 3 heteroatoms. The van der Waals surface area contributed by atoms with E-state index in [0.717, 1.165) is 48.9 Å². The molecule has 4 rings (SSSR count). The fraction of sp³-hybridized carbons (Fsp3) is 0.680. The van der Waals surface area contributed by atoms with Crippen LogP contribution in [0.3, 0.4) is 0 Å². The van der Waals surface area contributed by atoms with E-state index in [1.165, 1.54) is 52.1 Å². The van der Waals surface area contributed by atoms with Gasteiger partial charge < -0.3 is 4.74 Å². The van der Waals surface area contributed by atoms with E-state index in [9.17, 15) is 8.78 Å². The summed E-state index contributed by atoms with van der Waals surface area (Å²) in [6, 6.07) is 3.30. The Morgan fingerprint density at radius 3 is 2.36 bits per heavy atom. The Morgan fingerprint density at radius 1 is 0.929 bits per heavy atom. The van der Waals surface area contributed by atoms with Gasteiger partial charge in [-0.2, -0.15) is 4.39 Å². The molecule has 3 saturated carbocycles. The number of halogens is 2. The highest BCUT2D eigenvalue weighted by atomic mass is 19.2. The van der Waals surface area contributed by atoms with Crippen LogP contribution in [0.2, 0.25) is 0 Å². The Labute approximate surface area is 168 Å². The molecule has 1 nitrogen and oxygen atoms in total. The zero-order valence-electron chi connectivity index (χ0n) is 17.1. The summed E-state index contributed by atoms with van der Waals surface area (Å²) in [5, 5.41) is 0. The van der Waals surface area contributed by atoms with Crippen molar-refractivity contribution in [3.63, 3.8) is 0 Å². The lowest BCUT2D eigenvalue weighted by molar-refractivity contribution is 0.178. The van der Waals surface area contributed by atoms with Gasteiger partial charge in [-0.3, -0.25) is 0 Å². The standard InChI is InChI=1S/C25H34F2O/c1-3-4-5-16-10-11-22-19(16)12-13-20(22)17-6-8-18(9-7-17)21-14-15-23(28-2)25(27)24(21)26/h3,14-20,22H,1,4-13H2,2H3. The summed E-state index contributed by atoms with van der Waals surface area (Å²) in [6.07, 6.45) is 14.5. The van der Waals surface area contributed by atoms with Crippen molar-refractivity contribution in [3.05, 3.63) is 42.0 Å². The molecule has 3 fully saturated rings. The third-order valence-electron chi connectivity index (χ3n) is 8.26. The molecule has 3 aliphatic carbocycles. The molecule has 4 unspecified atom stereocenters. The fourth-order valence-corrected chi connectivity index (χ4v) is 6.92. The Balaban J connectivity index is 1.36. The summed E-state index contributed by atoms with van der Waals surface area (Å²) >= 11 is 0. The van der Waals surface area contributed by atoms with Gasteiger partial charge in [-0.25, -0.2) is 4.39 Å². The minimum atomic E-state index is -0.836. The molecule has 28 heavy (non-hydrogen) atoms. The van der Waals surface area contributed by atoms with Crippen molar-refractivity contribution in [2.45, 2.75) is 70.1 Å². The minimum absolute atomic E-state index is 0.000764. The van der Waals surface area contributed by atoms with Gasteiger partial charge in [0.2, 0.25) is 5.82 Å². The molecule has 0 N–H and O–H groups in total. The smallest absolute Gasteiger partial charge is 0.200 e. The first-order chi connectivity index (χ1) is 13.6. The molecular formula is C25H34F2O. The van der Waals surface area contributed by atoms with E-state index in [4.69, 9.17) is 4.74 Å². The lowest BCUT2D eigenvalue weighted by atomic mass is 9.70. The Kier molecular flexibility index (Phi) is 6.08. The van der Waals surface area contributed by atoms with Crippen LogP contribution in [0.15, 0.2) is 24.8 Å². The SMILES string of the molecule is C=CCCC1CCC2C(C3CCC(c4ccc(OC)c(F)c4F)CC3)CCC12. The maximum Gasteiger partial charge on any atom is 0.200 e.